The largest absolute Gasteiger partial charge is 0.493 e. The van der Waals surface area contributed by atoms with Crippen LogP contribution in [-0.2, 0) is 11.3 Å². The fourth-order valence-corrected chi connectivity index (χ4v) is 2.95. The molecule has 0 radical (unpaired) electrons. The number of nitrogens with zero attached hydrogens (tertiary/aromatic N) is 1. The summed E-state index contributed by atoms with van der Waals surface area (Å²) in [4.78, 5) is 13.8. The summed E-state index contributed by atoms with van der Waals surface area (Å²) < 4.78 is 32.8. The SMILES string of the molecule is CCN(c1ccc(OC)c(OC)c1)c1ccc(NS(=O)O)cc1C(N)=O. The molecule has 8 nitrogen and oxygen atoms in total. The molecule has 1 unspecified atom stereocenters. The molecule has 0 aliphatic rings. The van der Waals surface area contributed by atoms with Crippen molar-refractivity contribution in [1.82, 2.24) is 0 Å². The maximum Gasteiger partial charge on any atom is 0.259 e. The molecule has 2 rings (SSSR count). The molecule has 26 heavy (non-hydrogen) atoms. The Morgan fingerprint density at radius 3 is 2.42 bits per heavy atom. The van der Waals surface area contributed by atoms with Crippen LogP contribution in [0.5, 0.6) is 11.5 Å². The number of rotatable bonds is 8. The van der Waals surface area contributed by atoms with E-state index in [4.69, 9.17) is 19.8 Å². The molecule has 4 N–H and O–H groups in total. The van der Waals surface area contributed by atoms with E-state index in [1.165, 1.54) is 6.07 Å². The van der Waals surface area contributed by atoms with Gasteiger partial charge in [-0.2, -0.15) is 0 Å². The van der Waals surface area contributed by atoms with E-state index in [0.29, 0.717) is 29.4 Å². The lowest BCUT2D eigenvalue weighted by molar-refractivity contribution is 0.100. The Bertz CT molecular complexity index is 828. The number of anilines is 3. The second-order valence-electron chi connectivity index (χ2n) is 5.23. The van der Waals surface area contributed by atoms with Crippen LogP contribution >= 0.6 is 0 Å². The zero-order valence-corrected chi connectivity index (χ0v) is 15.5. The fourth-order valence-electron chi connectivity index (χ4n) is 2.62. The van der Waals surface area contributed by atoms with E-state index in [9.17, 15) is 9.00 Å². The number of hydrogen-bond acceptors (Lipinski definition) is 5. The Labute approximate surface area is 154 Å². The first kappa shape index (κ1) is 19.5. The molecule has 0 bridgehead atoms. The number of methoxy groups -OCH3 is 2. The number of primary amides is 1. The van der Waals surface area contributed by atoms with E-state index in [0.717, 1.165) is 5.69 Å². The van der Waals surface area contributed by atoms with E-state index in [2.05, 4.69) is 4.72 Å². The van der Waals surface area contributed by atoms with Gasteiger partial charge < -0.3 is 20.1 Å². The third-order valence-corrected chi connectivity index (χ3v) is 4.16. The van der Waals surface area contributed by atoms with Crippen molar-refractivity contribution in [2.24, 2.45) is 5.73 Å². The van der Waals surface area contributed by atoms with Crippen molar-refractivity contribution in [2.45, 2.75) is 6.92 Å². The number of nitrogens with two attached hydrogens (primary N) is 1. The second kappa shape index (κ2) is 8.54. The number of carbonyl (C=O) groups excluding carboxylic acids is 1. The number of benzene rings is 2. The van der Waals surface area contributed by atoms with Crippen molar-refractivity contribution in [3.8, 4) is 11.5 Å². The monoisotopic (exact) mass is 379 g/mol. The lowest BCUT2D eigenvalue weighted by atomic mass is 10.1. The third-order valence-electron chi connectivity index (χ3n) is 3.75. The van der Waals surface area contributed by atoms with Crippen LogP contribution in [0.4, 0.5) is 17.1 Å². The molecule has 140 valence electrons. The van der Waals surface area contributed by atoms with Crippen LogP contribution in [0.1, 0.15) is 17.3 Å². The maximum atomic E-state index is 11.9. The average Bonchev–Trinajstić information content (AvgIpc) is 2.62. The van der Waals surface area contributed by atoms with Crippen molar-refractivity contribution in [3.63, 3.8) is 0 Å². The molecule has 0 saturated heterocycles. The van der Waals surface area contributed by atoms with Crippen molar-refractivity contribution >= 4 is 34.2 Å². The van der Waals surface area contributed by atoms with Crippen molar-refractivity contribution < 1.29 is 23.0 Å². The van der Waals surface area contributed by atoms with Crippen LogP contribution in [-0.4, -0.2) is 35.4 Å². The smallest absolute Gasteiger partial charge is 0.259 e. The molecule has 0 aliphatic carbocycles. The maximum absolute atomic E-state index is 11.9. The first-order valence-corrected chi connectivity index (χ1v) is 8.82. The Morgan fingerprint density at radius 2 is 1.88 bits per heavy atom. The number of amides is 1. The van der Waals surface area contributed by atoms with Gasteiger partial charge in [0.2, 0.25) is 0 Å². The van der Waals surface area contributed by atoms with Gasteiger partial charge in [-0.05, 0) is 37.3 Å². The summed E-state index contributed by atoms with van der Waals surface area (Å²) >= 11 is -2.25. The van der Waals surface area contributed by atoms with Crippen molar-refractivity contribution in [2.75, 3.05) is 30.4 Å². The minimum absolute atomic E-state index is 0.220. The van der Waals surface area contributed by atoms with Gasteiger partial charge in [0.1, 0.15) is 0 Å². The van der Waals surface area contributed by atoms with Gasteiger partial charge in [0.25, 0.3) is 17.2 Å². The minimum Gasteiger partial charge on any atom is -0.493 e. The molecular formula is C17H21N3O5S. The zero-order valence-electron chi connectivity index (χ0n) is 14.7. The van der Waals surface area contributed by atoms with Crippen molar-refractivity contribution in [1.29, 1.82) is 0 Å². The number of carbonyl (C=O) groups is 1. The summed E-state index contributed by atoms with van der Waals surface area (Å²) in [5.74, 6) is 0.497. The van der Waals surface area contributed by atoms with Gasteiger partial charge in [0.15, 0.2) is 11.5 Å². The molecule has 0 heterocycles. The Morgan fingerprint density at radius 1 is 1.19 bits per heavy atom. The standard InChI is InChI=1S/C17H21N3O5S/c1-4-20(12-6-8-15(24-2)16(10-12)25-3)14-7-5-11(19-26(22)23)9-13(14)17(18)21/h5-10,19H,4H2,1-3H3,(H2,18,21)(H,22,23). The minimum atomic E-state index is -2.25. The number of hydrogen-bond donors (Lipinski definition) is 3. The lowest BCUT2D eigenvalue weighted by Gasteiger charge is -2.26. The first-order valence-electron chi connectivity index (χ1n) is 7.72. The molecule has 9 heteroatoms. The highest BCUT2D eigenvalue weighted by molar-refractivity contribution is 7.80. The molecule has 1 atom stereocenters. The molecular weight excluding hydrogens is 358 g/mol. The molecule has 2 aromatic rings. The highest BCUT2D eigenvalue weighted by Crippen LogP contribution is 2.36. The van der Waals surface area contributed by atoms with Gasteiger partial charge in [0, 0.05) is 24.0 Å². The van der Waals surface area contributed by atoms with Gasteiger partial charge in [-0.3, -0.25) is 14.1 Å². The average molecular weight is 379 g/mol. The van der Waals surface area contributed by atoms with Crippen LogP contribution in [0.2, 0.25) is 0 Å². The predicted molar refractivity (Wildman–Crippen MR) is 102 cm³/mol. The zero-order chi connectivity index (χ0) is 19.3. The second-order valence-corrected chi connectivity index (χ2v) is 5.93. The quantitative estimate of drug-likeness (QED) is 0.607. The van der Waals surface area contributed by atoms with E-state index >= 15 is 0 Å². The van der Waals surface area contributed by atoms with Gasteiger partial charge in [-0.25, -0.2) is 4.21 Å². The molecule has 0 saturated carbocycles. The van der Waals surface area contributed by atoms with Gasteiger partial charge >= 0.3 is 0 Å². The first-order chi connectivity index (χ1) is 12.4. The molecule has 0 aromatic heterocycles. The number of nitrogens with one attached hydrogen (secondary N) is 1. The van der Waals surface area contributed by atoms with Crippen molar-refractivity contribution in [3.05, 3.63) is 42.0 Å². The molecule has 0 fully saturated rings. The Kier molecular flexibility index (Phi) is 6.42. The van der Waals surface area contributed by atoms with Crippen LogP contribution in [0.25, 0.3) is 0 Å². The van der Waals surface area contributed by atoms with E-state index < -0.39 is 17.2 Å². The summed E-state index contributed by atoms with van der Waals surface area (Å²) in [6.07, 6.45) is 0. The van der Waals surface area contributed by atoms with Crippen LogP contribution in [0.15, 0.2) is 36.4 Å². The molecule has 2 aromatic carbocycles. The van der Waals surface area contributed by atoms with E-state index in [1.807, 2.05) is 17.9 Å². The van der Waals surface area contributed by atoms with Gasteiger partial charge in [-0.15, -0.1) is 0 Å². The summed E-state index contributed by atoms with van der Waals surface area (Å²) in [5.41, 5.74) is 7.39. The Balaban J connectivity index is 2.52. The summed E-state index contributed by atoms with van der Waals surface area (Å²) in [7, 11) is 3.10. The molecule has 0 spiro atoms. The highest BCUT2D eigenvalue weighted by atomic mass is 32.2. The Hall–Kier alpha value is -2.78. The van der Waals surface area contributed by atoms with E-state index in [1.54, 1.807) is 38.5 Å². The summed E-state index contributed by atoms with van der Waals surface area (Å²) in [5, 5.41) is 0. The fraction of sp³-hybridized carbons (Fsp3) is 0.235. The topological polar surface area (TPSA) is 114 Å². The number of ether oxygens (including phenoxy) is 2. The normalized spacial score (nSPS) is 11.5. The molecule has 0 aliphatic heterocycles. The highest BCUT2D eigenvalue weighted by Gasteiger charge is 2.18. The predicted octanol–water partition coefficient (Wildman–Crippen LogP) is 2.51. The van der Waals surface area contributed by atoms with Crippen LogP contribution in [0, 0.1) is 0 Å². The van der Waals surface area contributed by atoms with Crippen LogP contribution in [0.3, 0.4) is 0 Å². The van der Waals surface area contributed by atoms with Crippen LogP contribution < -0.4 is 24.8 Å². The van der Waals surface area contributed by atoms with E-state index in [-0.39, 0.29) is 5.56 Å². The molecule has 1 amide bonds. The third kappa shape index (κ3) is 4.24. The summed E-state index contributed by atoms with van der Waals surface area (Å²) in [6, 6.07) is 10.1. The summed E-state index contributed by atoms with van der Waals surface area (Å²) in [6.45, 7) is 2.48. The lowest BCUT2D eigenvalue weighted by Crippen LogP contribution is -2.22. The van der Waals surface area contributed by atoms with Gasteiger partial charge in [-0.1, -0.05) is 0 Å². The van der Waals surface area contributed by atoms with Gasteiger partial charge in [0.05, 0.1) is 25.5 Å².